The van der Waals surface area contributed by atoms with E-state index in [0.29, 0.717) is 6.04 Å². The van der Waals surface area contributed by atoms with Crippen LogP contribution in [-0.2, 0) is 0 Å². The lowest BCUT2D eigenvalue weighted by Crippen LogP contribution is -2.27. The van der Waals surface area contributed by atoms with E-state index < -0.39 is 0 Å². The summed E-state index contributed by atoms with van der Waals surface area (Å²) in [6, 6.07) is 0.421. The first kappa shape index (κ1) is 19.0. The van der Waals surface area contributed by atoms with Crippen LogP contribution in [0.5, 0.6) is 0 Å². The van der Waals surface area contributed by atoms with E-state index in [1.54, 1.807) is 6.08 Å². The predicted molar refractivity (Wildman–Crippen MR) is 103 cm³/mol. The van der Waals surface area contributed by atoms with E-state index in [0.717, 1.165) is 37.2 Å². The van der Waals surface area contributed by atoms with E-state index >= 15 is 0 Å². The normalized spacial score (nSPS) is 19.3. The van der Waals surface area contributed by atoms with Crippen LogP contribution in [0.2, 0.25) is 0 Å². The summed E-state index contributed by atoms with van der Waals surface area (Å²) in [7, 11) is 2.13. The number of rotatable bonds is 9. The van der Waals surface area contributed by atoms with E-state index in [4.69, 9.17) is 0 Å². The molecular weight excluding hydrogens is 280 g/mol. The van der Waals surface area contributed by atoms with Crippen LogP contribution >= 0.6 is 0 Å². The second kappa shape index (κ2) is 10.6. The number of hydrogen-bond donors (Lipinski definition) is 1. The Kier molecular flexibility index (Phi) is 8.78. The average molecular weight is 310 g/mol. The van der Waals surface area contributed by atoms with Crippen LogP contribution in [0, 0.1) is 0 Å². The molecule has 0 fully saturated rings. The van der Waals surface area contributed by atoms with Crippen LogP contribution in [0.3, 0.4) is 0 Å². The molecular formula is C21H30N2. The van der Waals surface area contributed by atoms with E-state index in [1.807, 2.05) is 12.2 Å². The third-order valence-corrected chi connectivity index (χ3v) is 3.85. The van der Waals surface area contributed by atoms with Crippen molar-refractivity contribution in [2.75, 3.05) is 13.6 Å². The smallest absolute Gasteiger partial charge is 0.0354 e. The van der Waals surface area contributed by atoms with Crippen LogP contribution in [0.4, 0.5) is 0 Å². The lowest BCUT2D eigenvalue weighted by Gasteiger charge is -2.19. The molecule has 0 aromatic carbocycles. The largest absolute Gasteiger partial charge is 0.359 e. The third-order valence-electron chi connectivity index (χ3n) is 3.85. The van der Waals surface area contributed by atoms with Gasteiger partial charge in [-0.25, -0.2) is 0 Å². The van der Waals surface area contributed by atoms with Gasteiger partial charge in [-0.3, -0.25) is 4.90 Å². The number of nitrogens with zero attached hydrogens (tertiary/aromatic N) is 1. The van der Waals surface area contributed by atoms with Crippen molar-refractivity contribution < 1.29 is 0 Å². The molecule has 1 atom stereocenters. The van der Waals surface area contributed by atoms with E-state index in [-0.39, 0.29) is 0 Å². The quantitative estimate of drug-likeness (QED) is 0.482. The summed E-state index contributed by atoms with van der Waals surface area (Å²) in [5.74, 6) is 0. The highest BCUT2D eigenvalue weighted by Gasteiger charge is 2.08. The van der Waals surface area contributed by atoms with Crippen LogP contribution in [-0.4, -0.2) is 24.5 Å². The summed E-state index contributed by atoms with van der Waals surface area (Å²) >= 11 is 0. The molecule has 0 bridgehead atoms. The Labute approximate surface area is 142 Å². The van der Waals surface area contributed by atoms with Crippen molar-refractivity contribution in [2.24, 2.45) is 0 Å². The number of allylic oxidation sites excluding steroid dienone is 7. The molecule has 0 radical (unpaired) electrons. The molecule has 1 heterocycles. The number of nitrogens with one attached hydrogen (secondary N) is 1. The predicted octanol–water partition coefficient (Wildman–Crippen LogP) is 4.89. The van der Waals surface area contributed by atoms with Gasteiger partial charge in [0.2, 0.25) is 0 Å². The summed E-state index contributed by atoms with van der Waals surface area (Å²) in [5, 5.41) is 3.40. The highest BCUT2D eigenvalue weighted by atomic mass is 15.1. The lowest BCUT2D eigenvalue weighted by atomic mass is 10.1. The summed E-state index contributed by atoms with van der Waals surface area (Å²) in [6.45, 7) is 14.8. The van der Waals surface area contributed by atoms with E-state index in [2.05, 4.69) is 74.3 Å². The second-order valence-corrected chi connectivity index (χ2v) is 5.83. The van der Waals surface area contributed by atoms with Crippen molar-refractivity contribution in [3.8, 4) is 0 Å². The molecule has 1 aliphatic heterocycles. The Balaban J connectivity index is 2.38. The molecule has 0 amide bonds. The maximum absolute atomic E-state index is 4.11. The van der Waals surface area contributed by atoms with Crippen LogP contribution in [0.1, 0.15) is 26.2 Å². The third kappa shape index (κ3) is 7.66. The summed E-state index contributed by atoms with van der Waals surface area (Å²) in [6.07, 6.45) is 19.4. The molecule has 23 heavy (non-hydrogen) atoms. The standard InChI is InChI=1S/C21H30N2/c1-6-12-20(7-2)14-10-8-9-13-18(3)22-21-15-11-16-23(5)19(4)17-21/h6-9,11-12,15,17,19,22H,1-3,10,13-14,16H2,4-5H3/b9-8-,20-12-. The van der Waals surface area contributed by atoms with Crippen LogP contribution < -0.4 is 5.32 Å². The van der Waals surface area contributed by atoms with E-state index in [9.17, 15) is 0 Å². The van der Waals surface area contributed by atoms with E-state index in [1.165, 1.54) is 5.57 Å². The summed E-state index contributed by atoms with van der Waals surface area (Å²) < 4.78 is 0. The Morgan fingerprint density at radius 3 is 2.87 bits per heavy atom. The summed E-state index contributed by atoms with van der Waals surface area (Å²) in [5.41, 5.74) is 3.36. The maximum atomic E-state index is 4.11. The minimum Gasteiger partial charge on any atom is -0.359 e. The molecule has 0 saturated heterocycles. The van der Waals surface area contributed by atoms with Gasteiger partial charge >= 0.3 is 0 Å². The SMILES string of the molecule is C=C/C=C(/C=C)CC/C=C\CC(=C)NC1=CC(C)N(C)CC=C1. The van der Waals surface area contributed by atoms with Crippen molar-refractivity contribution in [3.63, 3.8) is 0 Å². The Bertz CT molecular complexity index is 532. The Morgan fingerprint density at radius 2 is 2.17 bits per heavy atom. The van der Waals surface area contributed by atoms with Crippen LogP contribution in [0.15, 0.2) is 85.3 Å². The fourth-order valence-electron chi connectivity index (χ4n) is 2.29. The average Bonchev–Trinajstić information content (AvgIpc) is 2.67. The highest BCUT2D eigenvalue weighted by Crippen LogP contribution is 2.10. The minimum absolute atomic E-state index is 0.421. The molecule has 1 aliphatic rings. The molecule has 1 N–H and O–H groups in total. The molecule has 2 heteroatoms. The molecule has 1 rings (SSSR count). The monoisotopic (exact) mass is 310 g/mol. The van der Waals surface area contributed by atoms with Gasteiger partial charge in [0.05, 0.1) is 0 Å². The molecule has 1 unspecified atom stereocenters. The zero-order chi connectivity index (χ0) is 17.1. The van der Waals surface area contributed by atoms with Gasteiger partial charge in [0.25, 0.3) is 0 Å². The fraction of sp³-hybridized carbons (Fsp3) is 0.333. The molecule has 0 aromatic rings. The van der Waals surface area contributed by atoms with Crippen molar-refractivity contribution in [2.45, 2.75) is 32.2 Å². The molecule has 0 spiro atoms. The Morgan fingerprint density at radius 1 is 1.39 bits per heavy atom. The topological polar surface area (TPSA) is 15.3 Å². The first-order chi connectivity index (χ1) is 11.1. The van der Waals surface area contributed by atoms with Gasteiger partial charge in [-0.1, -0.05) is 56.2 Å². The van der Waals surface area contributed by atoms with Crippen molar-refractivity contribution in [1.82, 2.24) is 10.2 Å². The number of likely N-dealkylation sites (N-methyl/N-ethyl adjacent to an activating group) is 1. The fourth-order valence-corrected chi connectivity index (χ4v) is 2.29. The zero-order valence-electron chi connectivity index (χ0n) is 14.6. The van der Waals surface area contributed by atoms with Gasteiger partial charge in [0, 0.05) is 30.4 Å². The van der Waals surface area contributed by atoms with Crippen LogP contribution in [0.25, 0.3) is 0 Å². The molecule has 0 saturated carbocycles. The lowest BCUT2D eigenvalue weighted by molar-refractivity contribution is 0.330. The molecule has 124 valence electrons. The Hall–Kier alpha value is -2.06. The van der Waals surface area contributed by atoms with Crippen molar-refractivity contribution >= 4 is 0 Å². The maximum Gasteiger partial charge on any atom is 0.0354 e. The minimum atomic E-state index is 0.421. The molecule has 0 aromatic heterocycles. The summed E-state index contributed by atoms with van der Waals surface area (Å²) in [4.78, 5) is 2.29. The van der Waals surface area contributed by atoms with Gasteiger partial charge < -0.3 is 5.32 Å². The second-order valence-electron chi connectivity index (χ2n) is 5.83. The van der Waals surface area contributed by atoms with Gasteiger partial charge in [-0.2, -0.15) is 0 Å². The van der Waals surface area contributed by atoms with Crippen molar-refractivity contribution in [3.05, 3.63) is 85.3 Å². The first-order valence-electron chi connectivity index (χ1n) is 8.19. The first-order valence-corrected chi connectivity index (χ1v) is 8.19. The van der Waals surface area contributed by atoms with Gasteiger partial charge in [-0.05, 0) is 44.5 Å². The number of hydrogen-bond acceptors (Lipinski definition) is 2. The van der Waals surface area contributed by atoms with Gasteiger partial charge in [-0.15, -0.1) is 0 Å². The zero-order valence-corrected chi connectivity index (χ0v) is 14.6. The van der Waals surface area contributed by atoms with Crippen molar-refractivity contribution in [1.29, 1.82) is 0 Å². The van der Waals surface area contributed by atoms with Gasteiger partial charge in [0.15, 0.2) is 0 Å². The van der Waals surface area contributed by atoms with Gasteiger partial charge in [0.1, 0.15) is 0 Å². The molecule has 2 nitrogen and oxygen atoms in total. The molecule has 0 aliphatic carbocycles. The highest BCUT2D eigenvalue weighted by molar-refractivity contribution is 5.25.